The van der Waals surface area contributed by atoms with Gasteiger partial charge in [0.25, 0.3) is 0 Å². The van der Waals surface area contributed by atoms with E-state index >= 15 is 0 Å². The van der Waals surface area contributed by atoms with Gasteiger partial charge in [-0.2, -0.15) is 4.98 Å². The topological polar surface area (TPSA) is 97.1 Å². The second-order valence-electron chi connectivity index (χ2n) is 8.65. The molecule has 27 heavy (non-hydrogen) atoms. The van der Waals surface area contributed by atoms with Gasteiger partial charge in [-0.15, -0.1) is 0 Å². The molecule has 152 valence electrons. The van der Waals surface area contributed by atoms with Crippen molar-refractivity contribution in [2.24, 2.45) is 5.92 Å². The van der Waals surface area contributed by atoms with Crippen LogP contribution in [0.15, 0.2) is 4.52 Å². The van der Waals surface area contributed by atoms with Crippen molar-refractivity contribution in [3.05, 3.63) is 5.82 Å². The zero-order valence-electron chi connectivity index (χ0n) is 15.4. The SMILES string of the molecule is CC1(c2noc(N[C@H]3CC[C@H](CNS(=O)(=O)C4CC4)CC3)n2)CC(F)(F)C1. The molecule has 0 saturated heterocycles. The molecule has 0 bridgehead atoms. The summed E-state index contributed by atoms with van der Waals surface area (Å²) < 4.78 is 58.1. The molecule has 1 heterocycles. The minimum Gasteiger partial charge on any atom is -0.335 e. The Morgan fingerprint density at radius 3 is 2.41 bits per heavy atom. The maximum atomic E-state index is 13.2. The second-order valence-corrected chi connectivity index (χ2v) is 10.7. The van der Waals surface area contributed by atoms with Crippen molar-refractivity contribution in [3.8, 4) is 0 Å². The number of sulfonamides is 1. The Hall–Kier alpha value is -1.29. The summed E-state index contributed by atoms with van der Waals surface area (Å²) in [7, 11) is -3.12. The first-order chi connectivity index (χ1) is 12.7. The number of aromatic nitrogens is 2. The molecule has 3 aliphatic carbocycles. The monoisotopic (exact) mass is 404 g/mol. The van der Waals surface area contributed by atoms with Crippen LogP contribution in [0.3, 0.4) is 0 Å². The Balaban J connectivity index is 1.23. The van der Waals surface area contributed by atoms with Crippen LogP contribution < -0.4 is 10.0 Å². The highest BCUT2D eigenvalue weighted by atomic mass is 32.2. The van der Waals surface area contributed by atoms with Gasteiger partial charge >= 0.3 is 6.01 Å². The van der Waals surface area contributed by atoms with Gasteiger partial charge in [0.2, 0.25) is 15.9 Å². The zero-order valence-corrected chi connectivity index (χ0v) is 16.2. The summed E-state index contributed by atoms with van der Waals surface area (Å²) in [5.74, 6) is -1.97. The minimum absolute atomic E-state index is 0.172. The lowest BCUT2D eigenvalue weighted by Crippen LogP contribution is -2.47. The zero-order chi connectivity index (χ0) is 19.3. The van der Waals surface area contributed by atoms with Crippen LogP contribution in [-0.2, 0) is 15.4 Å². The highest BCUT2D eigenvalue weighted by molar-refractivity contribution is 7.90. The number of nitrogens with zero attached hydrogens (tertiary/aromatic N) is 2. The van der Waals surface area contributed by atoms with E-state index in [1.165, 1.54) is 0 Å². The van der Waals surface area contributed by atoms with Crippen molar-refractivity contribution in [3.63, 3.8) is 0 Å². The molecule has 0 unspecified atom stereocenters. The molecule has 1 aromatic heterocycles. The molecule has 10 heteroatoms. The molecule has 4 rings (SSSR count). The van der Waals surface area contributed by atoms with Gasteiger partial charge in [-0.1, -0.05) is 12.1 Å². The normalized spacial score (nSPS) is 29.9. The minimum atomic E-state index is -3.12. The van der Waals surface area contributed by atoms with Crippen LogP contribution in [0.4, 0.5) is 14.8 Å². The molecule has 3 saturated carbocycles. The Labute approximate surface area is 157 Å². The van der Waals surface area contributed by atoms with E-state index in [2.05, 4.69) is 20.2 Å². The summed E-state index contributed by atoms with van der Waals surface area (Å²) in [6.07, 6.45) is 4.63. The Kier molecular flexibility index (Phi) is 4.69. The number of rotatable bonds is 7. The third-order valence-corrected chi connectivity index (χ3v) is 7.89. The van der Waals surface area contributed by atoms with E-state index in [9.17, 15) is 17.2 Å². The number of nitrogens with one attached hydrogen (secondary N) is 2. The van der Waals surface area contributed by atoms with Crippen LogP contribution in [0.25, 0.3) is 0 Å². The van der Waals surface area contributed by atoms with E-state index in [0.717, 1.165) is 38.5 Å². The third-order valence-electron chi connectivity index (χ3n) is 5.97. The molecule has 7 nitrogen and oxygen atoms in total. The van der Waals surface area contributed by atoms with Gasteiger partial charge in [0, 0.05) is 30.8 Å². The molecule has 3 aliphatic rings. The maximum absolute atomic E-state index is 13.2. The summed E-state index contributed by atoms with van der Waals surface area (Å²) in [6, 6.07) is 0.449. The first-order valence-electron chi connectivity index (χ1n) is 9.62. The van der Waals surface area contributed by atoms with Crippen LogP contribution in [0.5, 0.6) is 0 Å². The number of anilines is 1. The first-order valence-corrected chi connectivity index (χ1v) is 11.2. The van der Waals surface area contributed by atoms with Gasteiger partial charge in [-0.05, 0) is 44.4 Å². The van der Waals surface area contributed by atoms with E-state index in [1.54, 1.807) is 6.92 Å². The third kappa shape index (κ3) is 4.26. The van der Waals surface area contributed by atoms with Crippen LogP contribution in [0.1, 0.15) is 64.1 Å². The number of alkyl halides is 2. The smallest absolute Gasteiger partial charge is 0.321 e. The Bertz CT molecular complexity index is 778. The molecule has 1 aromatic rings. The number of hydrogen-bond donors (Lipinski definition) is 2. The highest BCUT2D eigenvalue weighted by Gasteiger charge is 2.57. The van der Waals surface area contributed by atoms with Crippen molar-refractivity contribution in [1.82, 2.24) is 14.9 Å². The molecule has 0 spiro atoms. The summed E-state index contributed by atoms with van der Waals surface area (Å²) in [6.45, 7) is 2.23. The standard InChI is InChI=1S/C17H26F2N4O3S/c1-16(9-17(18,19)10-16)14-22-15(26-23-14)21-12-4-2-11(3-5-12)8-20-27(24,25)13-6-7-13/h11-13,20H,2-10H2,1H3,(H,21,22,23)/t11-,12-. The van der Waals surface area contributed by atoms with Gasteiger partial charge in [0.15, 0.2) is 5.82 Å². The second kappa shape index (κ2) is 6.65. The summed E-state index contributed by atoms with van der Waals surface area (Å²) in [4.78, 5) is 4.26. The molecule has 0 radical (unpaired) electrons. The quantitative estimate of drug-likeness (QED) is 0.725. The van der Waals surface area contributed by atoms with Gasteiger partial charge in [0.05, 0.1) is 5.25 Å². The molecule has 0 atom stereocenters. The van der Waals surface area contributed by atoms with E-state index in [1.807, 2.05) is 0 Å². The molecular formula is C17H26F2N4O3S. The predicted molar refractivity (Wildman–Crippen MR) is 95.1 cm³/mol. The van der Waals surface area contributed by atoms with E-state index < -0.39 is 21.4 Å². The largest absolute Gasteiger partial charge is 0.335 e. The predicted octanol–water partition coefficient (Wildman–Crippen LogP) is 2.81. The van der Waals surface area contributed by atoms with Gasteiger partial charge in [0.1, 0.15) is 0 Å². The van der Waals surface area contributed by atoms with Crippen LogP contribution in [-0.4, -0.2) is 42.3 Å². The van der Waals surface area contributed by atoms with Crippen LogP contribution >= 0.6 is 0 Å². The van der Waals surface area contributed by atoms with Crippen molar-refractivity contribution >= 4 is 16.0 Å². The average molecular weight is 404 g/mol. The van der Waals surface area contributed by atoms with Crippen LogP contribution in [0.2, 0.25) is 0 Å². The fourth-order valence-electron chi connectivity index (χ4n) is 4.19. The van der Waals surface area contributed by atoms with Gasteiger partial charge in [-0.3, -0.25) is 0 Å². The number of hydrogen-bond acceptors (Lipinski definition) is 6. The number of halogens is 2. The molecule has 3 fully saturated rings. The van der Waals surface area contributed by atoms with E-state index in [4.69, 9.17) is 4.52 Å². The summed E-state index contributed by atoms with van der Waals surface area (Å²) >= 11 is 0. The molecule has 0 amide bonds. The lowest BCUT2D eigenvalue weighted by Gasteiger charge is -2.42. The average Bonchev–Trinajstić information content (AvgIpc) is 3.33. The summed E-state index contributed by atoms with van der Waals surface area (Å²) in [5, 5.41) is 6.89. The first kappa shape index (κ1) is 19.0. The van der Waals surface area contributed by atoms with Crippen molar-refractivity contribution in [2.75, 3.05) is 11.9 Å². The van der Waals surface area contributed by atoms with Gasteiger partial charge in [-0.25, -0.2) is 21.9 Å². The Morgan fingerprint density at radius 2 is 1.81 bits per heavy atom. The fourth-order valence-corrected chi connectivity index (χ4v) is 5.65. The van der Waals surface area contributed by atoms with Crippen molar-refractivity contribution in [1.29, 1.82) is 0 Å². The molecule has 2 N–H and O–H groups in total. The lowest BCUT2D eigenvalue weighted by atomic mass is 9.67. The van der Waals surface area contributed by atoms with Gasteiger partial charge < -0.3 is 9.84 Å². The van der Waals surface area contributed by atoms with Crippen molar-refractivity contribution in [2.45, 2.75) is 80.9 Å². The lowest BCUT2D eigenvalue weighted by molar-refractivity contribution is -0.123. The van der Waals surface area contributed by atoms with E-state index in [0.29, 0.717) is 18.3 Å². The summed E-state index contributed by atoms with van der Waals surface area (Å²) in [5.41, 5.74) is -0.719. The highest BCUT2D eigenvalue weighted by Crippen LogP contribution is 2.52. The Morgan fingerprint density at radius 1 is 1.15 bits per heavy atom. The van der Waals surface area contributed by atoms with Crippen LogP contribution in [0, 0.1) is 5.92 Å². The van der Waals surface area contributed by atoms with E-state index in [-0.39, 0.29) is 30.1 Å². The fraction of sp³-hybridized carbons (Fsp3) is 0.882. The maximum Gasteiger partial charge on any atom is 0.321 e. The molecule has 0 aliphatic heterocycles. The molecular weight excluding hydrogens is 378 g/mol. The van der Waals surface area contributed by atoms with Crippen molar-refractivity contribution < 1.29 is 21.7 Å². The molecule has 0 aromatic carbocycles.